The highest BCUT2D eigenvalue weighted by Crippen LogP contribution is 2.10. The van der Waals surface area contributed by atoms with Crippen molar-refractivity contribution < 1.29 is 28.6 Å². The van der Waals surface area contributed by atoms with Gasteiger partial charge in [-0.2, -0.15) is 0 Å². The maximum absolute atomic E-state index is 12.7. The number of nitrogen functional groups attached to an aromatic ring is 1. The zero-order chi connectivity index (χ0) is 32.5. The standard InChI is InChI=1S/C33H57N5O6/c1-26(2)23-42-31(39)20-36-13-11-35(19-29-7-9-30(34)10-8-29)12-14-37(21-32(40)43-24-27(3)4)16-18-38(17-15-36)22-33(41)44-25-28(5)6/h7-10,26-28H,11-25,34H2,1-6H3. The van der Waals surface area contributed by atoms with Crippen LogP contribution in [0.1, 0.15) is 47.1 Å². The van der Waals surface area contributed by atoms with Gasteiger partial charge in [0, 0.05) is 64.6 Å². The molecule has 2 N–H and O–H groups in total. The molecule has 1 fully saturated rings. The first kappa shape index (κ1) is 37.5. The Labute approximate surface area is 264 Å². The van der Waals surface area contributed by atoms with Crippen LogP contribution in [0.2, 0.25) is 0 Å². The van der Waals surface area contributed by atoms with Crippen LogP contribution in [0.3, 0.4) is 0 Å². The Kier molecular flexibility index (Phi) is 17.3. The molecule has 1 aliphatic rings. The smallest absolute Gasteiger partial charge is 0.320 e. The Morgan fingerprint density at radius 1 is 0.568 bits per heavy atom. The summed E-state index contributed by atoms with van der Waals surface area (Å²) in [6.45, 7) is 19.5. The molecule has 1 aliphatic heterocycles. The molecule has 11 heteroatoms. The van der Waals surface area contributed by atoms with Gasteiger partial charge in [-0.25, -0.2) is 0 Å². The molecule has 1 saturated heterocycles. The van der Waals surface area contributed by atoms with Crippen LogP contribution in [0.4, 0.5) is 5.69 Å². The SMILES string of the molecule is CC(C)COC(=O)CN1CCN(CC(=O)OCC(C)C)CCN(Cc2ccc(N)cc2)CCN(CC(=O)OCC(C)C)CC1. The van der Waals surface area contributed by atoms with E-state index in [0.29, 0.717) is 78.7 Å². The lowest BCUT2D eigenvalue weighted by atomic mass is 10.2. The Balaban J connectivity index is 2.22. The van der Waals surface area contributed by atoms with Gasteiger partial charge < -0.3 is 19.9 Å². The molecule has 0 bridgehead atoms. The molecule has 0 saturated carbocycles. The van der Waals surface area contributed by atoms with Crippen LogP contribution in [-0.4, -0.2) is 129 Å². The topological polar surface area (TPSA) is 118 Å². The molecule has 2 rings (SSSR count). The van der Waals surface area contributed by atoms with Crippen molar-refractivity contribution in [3.8, 4) is 0 Å². The number of anilines is 1. The molecule has 0 aromatic heterocycles. The van der Waals surface area contributed by atoms with Crippen LogP contribution in [0, 0.1) is 17.8 Å². The number of rotatable bonds is 14. The molecule has 1 heterocycles. The zero-order valence-corrected chi connectivity index (χ0v) is 28.0. The number of ether oxygens (including phenoxy) is 3. The number of esters is 3. The molecule has 1 aromatic rings. The van der Waals surface area contributed by atoms with E-state index in [0.717, 1.165) is 11.3 Å². The summed E-state index contributed by atoms with van der Waals surface area (Å²) >= 11 is 0. The summed E-state index contributed by atoms with van der Waals surface area (Å²) in [5.41, 5.74) is 7.78. The van der Waals surface area contributed by atoms with Crippen molar-refractivity contribution in [2.24, 2.45) is 17.8 Å². The fourth-order valence-corrected chi connectivity index (χ4v) is 4.56. The average molecular weight is 620 g/mol. The van der Waals surface area contributed by atoms with Crippen molar-refractivity contribution in [2.75, 3.05) is 97.5 Å². The molecule has 11 nitrogen and oxygen atoms in total. The van der Waals surface area contributed by atoms with E-state index in [-0.39, 0.29) is 55.3 Å². The highest BCUT2D eigenvalue weighted by Gasteiger charge is 2.22. The van der Waals surface area contributed by atoms with Crippen molar-refractivity contribution in [1.82, 2.24) is 19.6 Å². The quantitative estimate of drug-likeness (QED) is 0.188. The second-order valence-electron chi connectivity index (χ2n) is 13.1. The normalized spacial score (nSPS) is 16.9. The maximum atomic E-state index is 12.7. The second-order valence-corrected chi connectivity index (χ2v) is 13.1. The summed E-state index contributed by atoms with van der Waals surface area (Å²) in [4.78, 5) is 46.7. The molecule has 0 aliphatic carbocycles. The van der Waals surface area contributed by atoms with Gasteiger partial charge in [-0.3, -0.25) is 34.0 Å². The number of benzene rings is 1. The van der Waals surface area contributed by atoms with Crippen molar-refractivity contribution in [3.63, 3.8) is 0 Å². The van der Waals surface area contributed by atoms with Gasteiger partial charge in [0.1, 0.15) is 0 Å². The molecule has 1 aromatic carbocycles. The van der Waals surface area contributed by atoms with Gasteiger partial charge in [0.15, 0.2) is 0 Å². The Bertz CT molecular complexity index is 945. The van der Waals surface area contributed by atoms with Gasteiger partial charge in [0.05, 0.1) is 39.5 Å². The lowest BCUT2D eigenvalue weighted by molar-refractivity contribution is -0.148. The summed E-state index contributed by atoms with van der Waals surface area (Å²) in [7, 11) is 0. The minimum absolute atomic E-state index is 0.146. The molecule has 250 valence electrons. The number of hydrogen-bond acceptors (Lipinski definition) is 11. The molecule has 0 unspecified atom stereocenters. The average Bonchev–Trinajstić information content (AvgIpc) is 2.96. The summed E-state index contributed by atoms with van der Waals surface area (Å²) in [5, 5.41) is 0. The van der Waals surface area contributed by atoms with E-state index in [1.807, 2.05) is 65.8 Å². The van der Waals surface area contributed by atoms with Gasteiger partial charge >= 0.3 is 17.9 Å². The number of nitrogens with two attached hydrogens (primary N) is 1. The van der Waals surface area contributed by atoms with E-state index in [1.54, 1.807) is 0 Å². The van der Waals surface area contributed by atoms with Gasteiger partial charge in [0.25, 0.3) is 0 Å². The fraction of sp³-hybridized carbons (Fsp3) is 0.727. The summed E-state index contributed by atoms with van der Waals surface area (Å²) < 4.78 is 16.5. The van der Waals surface area contributed by atoms with E-state index < -0.39 is 0 Å². The Morgan fingerprint density at radius 2 is 0.864 bits per heavy atom. The van der Waals surface area contributed by atoms with E-state index in [4.69, 9.17) is 19.9 Å². The van der Waals surface area contributed by atoms with Crippen LogP contribution in [-0.2, 0) is 35.1 Å². The lowest BCUT2D eigenvalue weighted by Gasteiger charge is -2.33. The zero-order valence-electron chi connectivity index (χ0n) is 28.0. The van der Waals surface area contributed by atoms with E-state index in [2.05, 4.69) is 19.6 Å². The third kappa shape index (κ3) is 16.9. The molecule has 0 atom stereocenters. The largest absolute Gasteiger partial charge is 0.464 e. The number of nitrogens with zero attached hydrogens (tertiary/aromatic N) is 4. The van der Waals surface area contributed by atoms with Gasteiger partial charge in [0.2, 0.25) is 0 Å². The van der Waals surface area contributed by atoms with Gasteiger partial charge in [-0.1, -0.05) is 53.7 Å². The predicted octanol–water partition coefficient (Wildman–Crippen LogP) is 2.59. The molecular formula is C33H57N5O6. The summed E-state index contributed by atoms with van der Waals surface area (Å²) in [5.74, 6) is 0.0132. The lowest BCUT2D eigenvalue weighted by Crippen LogP contribution is -2.48. The van der Waals surface area contributed by atoms with E-state index in [1.165, 1.54) is 0 Å². The van der Waals surface area contributed by atoms with Crippen LogP contribution in [0.25, 0.3) is 0 Å². The summed E-state index contributed by atoms with van der Waals surface area (Å²) in [6.07, 6.45) is 0. The predicted molar refractivity (Wildman–Crippen MR) is 173 cm³/mol. The number of carbonyl (C=O) groups excluding carboxylic acids is 3. The fourth-order valence-electron chi connectivity index (χ4n) is 4.56. The molecular weight excluding hydrogens is 562 g/mol. The monoisotopic (exact) mass is 619 g/mol. The minimum atomic E-state index is -0.272. The Morgan fingerprint density at radius 3 is 1.16 bits per heavy atom. The highest BCUT2D eigenvalue weighted by atomic mass is 16.5. The third-order valence-corrected chi connectivity index (χ3v) is 7.11. The van der Waals surface area contributed by atoms with Gasteiger partial charge in [-0.15, -0.1) is 0 Å². The first-order chi connectivity index (χ1) is 20.9. The van der Waals surface area contributed by atoms with Crippen LogP contribution < -0.4 is 5.73 Å². The van der Waals surface area contributed by atoms with Crippen molar-refractivity contribution in [3.05, 3.63) is 29.8 Å². The Hall–Kier alpha value is -2.73. The minimum Gasteiger partial charge on any atom is -0.464 e. The number of carbonyl (C=O) groups is 3. The molecule has 44 heavy (non-hydrogen) atoms. The van der Waals surface area contributed by atoms with Crippen molar-refractivity contribution in [1.29, 1.82) is 0 Å². The van der Waals surface area contributed by atoms with E-state index >= 15 is 0 Å². The van der Waals surface area contributed by atoms with Crippen molar-refractivity contribution in [2.45, 2.75) is 48.1 Å². The third-order valence-electron chi connectivity index (χ3n) is 7.11. The second kappa shape index (κ2) is 20.3. The number of hydrogen-bond donors (Lipinski definition) is 1. The maximum Gasteiger partial charge on any atom is 0.320 e. The molecule has 0 spiro atoms. The first-order valence-corrected chi connectivity index (χ1v) is 16.1. The molecule has 0 radical (unpaired) electrons. The summed E-state index contributed by atoms with van der Waals surface area (Å²) in [6, 6.07) is 7.87. The van der Waals surface area contributed by atoms with Gasteiger partial charge in [-0.05, 0) is 35.4 Å². The van der Waals surface area contributed by atoms with Crippen LogP contribution >= 0.6 is 0 Å². The molecule has 0 amide bonds. The van der Waals surface area contributed by atoms with Crippen LogP contribution in [0.5, 0.6) is 0 Å². The van der Waals surface area contributed by atoms with E-state index in [9.17, 15) is 14.4 Å². The van der Waals surface area contributed by atoms with Crippen LogP contribution in [0.15, 0.2) is 24.3 Å². The van der Waals surface area contributed by atoms with Crippen molar-refractivity contribution >= 4 is 23.6 Å². The highest BCUT2D eigenvalue weighted by molar-refractivity contribution is 5.72. The first-order valence-electron chi connectivity index (χ1n) is 16.1.